The van der Waals surface area contributed by atoms with Crippen LogP contribution in [0.4, 0.5) is 10.1 Å². The van der Waals surface area contributed by atoms with E-state index in [4.69, 9.17) is 14.2 Å². The van der Waals surface area contributed by atoms with Crippen molar-refractivity contribution in [1.82, 2.24) is 10.2 Å². The van der Waals surface area contributed by atoms with E-state index in [1.807, 2.05) is 0 Å². The van der Waals surface area contributed by atoms with E-state index in [-0.39, 0.29) is 11.5 Å². The third-order valence-corrected chi connectivity index (χ3v) is 4.20. The molecule has 3 rings (SSSR count). The van der Waals surface area contributed by atoms with E-state index in [0.29, 0.717) is 39.8 Å². The number of anilines is 1. The number of aryl methyl sites for hydroxylation is 1. The highest BCUT2D eigenvalue weighted by Crippen LogP contribution is 2.40. The first-order chi connectivity index (χ1) is 13.5. The van der Waals surface area contributed by atoms with Crippen LogP contribution >= 0.6 is 0 Å². The summed E-state index contributed by atoms with van der Waals surface area (Å²) in [5.74, 6) is 0.582. The second kappa shape index (κ2) is 7.99. The van der Waals surface area contributed by atoms with Crippen molar-refractivity contribution >= 4 is 11.6 Å². The largest absolute Gasteiger partial charge is 0.493 e. The van der Waals surface area contributed by atoms with Gasteiger partial charge in [0.1, 0.15) is 11.5 Å². The Morgan fingerprint density at radius 3 is 2.29 bits per heavy atom. The van der Waals surface area contributed by atoms with Crippen LogP contribution in [-0.4, -0.2) is 37.4 Å². The first-order valence-electron chi connectivity index (χ1n) is 8.40. The molecule has 0 saturated carbocycles. The summed E-state index contributed by atoms with van der Waals surface area (Å²) in [5.41, 5.74) is 2.48. The minimum Gasteiger partial charge on any atom is -0.493 e. The molecule has 2 aromatic carbocycles. The summed E-state index contributed by atoms with van der Waals surface area (Å²) in [7, 11) is 4.49. The summed E-state index contributed by atoms with van der Waals surface area (Å²) in [4.78, 5) is 12.6. The number of halogens is 1. The van der Waals surface area contributed by atoms with Crippen LogP contribution in [0, 0.1) is 12.7 Å². The van der Waals surface area contributed by atoms with Gasteiger partial charge < -0.3 is 19.5 Å². The molecule has 0 unspecified atom stereocenters. The number of methoxy groups -OCH3 is 3. The topological polar surface area (TPSA) is 85.5 Å². The van der Waals surface area contributed by atoms with E-state index in [1.54, 1.807) is 37.3 Å². The fraction of sp³-hybridized carbons (Fsp3) is 0.200. The second-order valence-corrected chi connectivity index (χ2v) is 6.00. The molecule has 0 bridgehead atoms. The van der Waals surface area contributed by atoms with Gasteiger partial charge in [-0.25, -0.2) is 4.39 Å². The van der Waals surface area contributed by atoms with E-state index in [0.717, 1.165) is 0 Å². The fourth-order valence-electron chi connectivity index (χ4n) is 2.74. The number of carbonyl (C=O) groups excluding carboxylic acids is 1. The minimum atomic E-state index is -0.396. The van der Waals surface area contributed by atoms with Crippen LogP contribution in [0.15, 0.2) is 36.4 Å². The van der Waals surface area contributed by atoms with Crippen LogP contribution in [-0.2, 0) is 0 Å². The lowest BCUT2D eigenvalue weighted by atomic mass is 10.1. The molecule has 0 aliphatic carbocycles. The molecule has 7 nitrogen and oxygen atoms in total. The second-order valence-electron chi connectivity index (χ2n) is 6.00. The van der Waals surface area contributed by atoms with Crippen LogP contribution in [0.2, 0.25) is 0 Å². The molecular weight excluding hydrogens is 365 g/mol. The van der Waals surface area contributed by atoms with Crippen LogP contribution in [0.5, 0.6) is 17.2 Å². The van der Waals surface area contributed by atoms with Crippen molar-refractivity contribution in [3.05, 3.63) is 53.5 Å². The van der Waals surface area contributed by atoms with Gasteiger partial charge in [-0.2, -0.15) is 5.10 Å². The Labute approximate surface area is 161 Å². The maximum atomic E-state index is 13.4. The first kappa shape index (κ1) is 19.2. The van der Waals surface area contributed by atoms with Gasteiger partial charge in [0.15, 0.2) is 11.5 Å². The highest BCUT2D eigenvalue weighted by Gasteiger charge is 2.16. The summed E-state index contributed by atoms with van der Waals surface area (Å²) in [6.45, 7) is 1.67. The average molecular weight is 385 g/mol. The minimum absolute atomic E-state index is 0.255. The van der Waals surface area contributed by atoms with Crippen LogP contribution < -0.4 is 19.5 Å². The number of aromatic nitrogens is 2. The third-order valence-electron chi connectivity index (χ3n) is 4.20. The van der Waals surface area contributed by atoms with E-state index in [9.17, 15) is 9.18 Å². The van der Waals surface area contributed by atoms with E-state index >= 15 is 0 Å². The van der Waals surface area contributed by atoms with Gasteiger partial charge in [0.05, 0.1) is 27.0 Å². The number of nitrogens with zero attached hydrogens (tertiary/aromatic N) is 1. The number of benzene rings is 2. The fourth-order valence-corrected chi connectivity index (χ4v) is 2.74. The van der Waals surface area contributed by atoms with Crippen LogP contribution in [0.25, 0.3) is 11.3 Å². The molecule has 0 aliphatic heterocycles. The van der Waals surface area contributed by atoms with E-state index in [1.165, 1.54) is 27.4 Å². The summed E-state index contributed by atoms with van der Waals surface area (Å²) in [5, 5.41) is 9.59. The van der Waals surface area contributed by atoms with Crippen molar-refractivity contribution in [3.63, 3.8) is 0 Å². The molecule has 3 aromatic rings. The summed E-state index contributed by atoms with van der Waals surface area (Å²) >= 11 is 0. The Hall–Kier alpha value is -3.55. The molecule has 28 heavy (non-hydrogen) atoms. The number of ether oxygens (including phenoxy) is 3. The Kier molecular flexibility index (Phi) is 5.49. The number of hydrogen-bond donors (Lipinski definition) is 2. The Morgan fingerprint density at radius 1 is 1.04 bits per heavy atom. The molecule has 0 radical (unpaired) electrons. The van der Waals surface area contributed by atoms with Crippen molar-refractivity contribution in [2.75, 3.05) is 26.6 Å². The van der Waals surface area contributed by atoms with Crippen molar-refractivity contribution in [2.24, 2.45) is 0 Å². The molecule has 1 aromatic heterocycles. The molecule has 1 amide bonds. The number of amides is 1. The maximum Gasteiger partial charge on any atom is 0.273 e. The number of rotatable bonds is 6. The molecule has 8 heteroatoms. The van der Waals surface area contributed by atoms with Gasteiger partial charge in [-0.05, 0) is 36.8 Å². The predicted molar refractivity (Wildman–Crippen MR) is 103 cm³/mol. The van der Waals surface area contributed by atoms with Crippen molar-refractivity contribution in [1.29, 1.82) is 0 Å². The number of hydrogen-bond acceptors (Lipinski definition) is 5. The van der Waals surface area contributed by atoms with Crippen LogP contribution in [0.1, 0.15) is 16.1 Å². The zero-order valence-electron chi connectivity index (χ0n) is 15.9. The molecule has 1 heterocycles. The molecule has 0 atom stereocenters. The lowest BCUT2D eigenvalue weighted by Gasteiger charge is -2.14. The van der Waals surface area contributed by atoms with Crippen molar-refractivity contribution in [2.45, 2.75) is 6.92 Å². The zero-order chi connectivity index (χ0) is 20.3. The van der Waals surface area contributed by atoms with Gasteiger partial charge in [0.2, 0.25) is 5.75 Å². The van der Waals surface area contributed by atoms with Crippen molar-refractivity contribution < 1.29 is 23.4 Å². The molecule has 0 spiro atoms. The van der Waals surface area contributed by atoms with Gasteiger partial charge in [0.25, 0.3) is 5.91 Å². The Bertz CT molecular complexity index is 991. The van der Waals surface area contributed by atoms with Gasteiger partial charge in [-0.3, -0.25) is 9.89 Å². The molecule has 146 valence electrons. The number of carbonyl (C=O) groups is 1. The van der Waals surface area contributed by atoms with Gasteiger partial charge >= 0.3 is 0 Å². The average Bonchev–Trinajstić information content (AvgIpc) is 3.19. The summed E-state index contributed by atoms with van der Waals surface area (Å²) < 4.78 is 29.3. The Balaban J connectivity index is 1.84. The predicted octanol–water partition coefficient (Wildman–Crippen LogP) is 3.80. The molecule has 0 aliphatic rings. The van der Waals surface area contributed by atoms with Gasteiger partial charge in [0, 0.05) is 23.4 Å². The number of H-pyrrole nitrogens is 1. The molecule has 0 saturated heterocycles. The highest BCUT2D eigenvalue weighted by molar-refractivity contribution is 6.03. The molecule has 2 N–H and O–H groups in total. The zero-order valence-corrected chi connectivity index (χ0v) is 15.9. The highest BCUT2D eigenvalue weighted by atomic mass is 19.1. The normalized spacial score (nSPS) is 10.5. The lowest BCUT2D eigenvalue weighted by molar-refractivity contribution is 0.102. The summed E-state index contributed by atoms with van der Waals surface area (Å²) in [6, 6.07) is 9.50. The molecule has 0 fully saturated rings. The van der Waals surface area contributed by atoms with Gasteiger partial charge in [-0.1, -0.05) is 0 Å². The summed E-state index contributed by atoms with van der Waals surface area (Å²) in [6.07, 6.45) is 0. The quantitative estimate of drug-likeness (QED) is 0.674. The third kappa shape index (κ3) is 3.75. The smallest absolute Gasteiger partial charge is 0.273 e. The standard InChI is InChI=1S/C20H20FN3O4/c1-11-7-12(5-6-14(11)21)15-10-16(24-23-15)20(25)22-13-8-17(26-2)19(28-4)18(9-13)27-3/h5-10H,1-4H3,(H,22,25)(H,23,24). The lowest BCUT2D eigenvalue weighted by Crippen LogP contribution is -2.12. The number of aromatic amines is 1. The monoisotopic (exact) mass is 385 g/mol. The van der Waals surface area contributed by atoms with Gasteiger partial charge in [-0.15, -0.1) is 0 Å². The van der Waals surface area contributed by atoms with E-state index in [2.05, 4.69) is 15.5 Å². The number of nitrogens with one attached hydrogen (secondary N) is 2. The van der Waals surface area contributed by atoms with E-state index < -0.39 is 5.91 Å². The first-order valence-corrected chi connectivity index (χ1v) is 8.40. The molecular formula is C20H20FN3O4. The Morgan fingerprint density at radius 2 is 1.71 bits per heavy atom. The SMILES string of the molecule is COc1cc(NC(=O)c2cc(-c3ccc(F)c(C)c3)n[nH]2)cc(OC)c1OC. The van der Waals surface area contributed by atoms with Crippen molar-refractivity contribution in [3.8, 4) is 28.5 Å². The van der Waals surface area contributed by atoms with Crippen LogP contribution in [0.3, 0.4) is 0 Å². The maximum absolute atomic E-state index is 13.4.